The van der Waals surface area contributed by atoms with Gasteiger partial charge in [-0.05, 0) is 6.42 Å². The molecule has 0 aliphatic carbocycles. The third-order valence-corrected chi connectivity index (χ3v) is 5.70. The lowest BCUT2D eigenvalue weighted by Crippen LogP contribution is -2.41. The lowest BCUT2D eigenvalue weighted by molar-refractivity contribution is -0.130. The van der Waals surface area contributed by atoms with Crippen LogP contribution in [0.3, 0.4) is 0 Å². The number of amides is 1. The highest BCUT2D eigenvalue weighted by Crippen LogP contribution is 2.35. The molecule has 2 heterocycles. The number of sulfonamides is 1. The zero-order valence-corrected chi connectivity index (χ0v) is 10.8. The van der Waals surface area contributed by atoms with Crippen LogP contribution in [0.1, 0.15) is 6.42 Å². The van der Waals surface area contributed by atoms with Gasteiger partial charge in [-0.1, -0.05) is 17.8 Å². The van der Waals surface area contributed by atoms with E-state index in [1.165, 1.54) is 0 Å². The van der Waals surface area contributed by atoms with Gasteiger partial charge in [0.2, 0.25) is 10.0 Å². The second kappa shape index (κ2) is 4.97. The van der Waals surface area contributed by atoms with E-state index in [1.807, 2.05) is 0 Å². The zero-order valence-electron chi connectivity index (χ0n) is 9.16. The standard InChI is InChI=1S/C9H14N2O4S2/c10-17(13,14)8-2-1-7(16-8)9(12)11-3-5-15-6-4-11/h1,8H,2-6H2,(H2,10,13,14). The molecular weight excluding hydrogens is 264 g/mol. The van der Waals surface area contributed by atoms with Gasteiger partial charge in [0.1, 0.15) is 4.58 Å². The van der Waals surface area contributed by atoms with Crippen molar-refractivity contribution in [2.24, 2.45) is 5.14 Å². The molecule has 2 N–H and O–H groups in total. The molecule has 1 unspecified atom stereocenters. The molecule has 2 rings (SSSR count). The minimum Gasteiger partial charge on any atom is -0.378 e. The Balaban J connectivity index is 1.98. The number of rotatable bonds is 2. The summed E-state index contributed by atoms with van der Waals surface area (Å²) in [4.78, 5) is 14.2. The fraction of sp³-hybridized carbons (Fsp3) is 0.667. The quantitative estimate of drug-likeness (QED) is 0.734. The topological polar surface area (TPSA) is 89.7 Å². The first-order chi connectivity index (χ1) is 7.98. The van der Waals surface area contributed by atoms with Crippen molar-refractivity contribution in [3.63, 3.8) is 0 Å². The Labute approximate surface area is 104 Å². The van der Waals surface area contributed by atoms with Crippen molar-refractivity contribution in [3.05, 3.63) is 11.0 Å². The second-order valence-corrected chi connectivity index (χ2v) is 7.14. The number of primary sulfonamides is 1. The number of nitrogens with zero attached hydrogens (tertiary/aromatic N) is 1. The van der Waals surface area contributed by atoms with Crippen molar-refractivity contribution in [3.8, 4) is 0 Å². The normalized spacial score (nSPS) is 25.8. The van der Waals surface area contributed by atoms with Crippen LogP contribution in [-0.2, 0) is 19.6 Å². The van der Waals surface area contributed by atoms with E-state index < -0.39 is 14.6 Å². The molecule has 1 saturated heterocycles. The van der Waals surface area contributed by atoms with Crippen LogP contribution < -0.4 is 5.14 Å². The summed E-state index contributed by atoms with van der Waals surface area (Å²) >= 11 is 1.04. The third-order valence-electron chi connectivity index (χ3n) is 2.63. The molecule has 8 heteroatoms. The average molecular weight is 278 g/mol. The van der Waals surface area contributed by atoms with Crippen LogP contribution in [0.2, 0.25) is 0 Å². The molecule has 0 spiro atoms. The van der Waals surface area contributed by atoms with Gasteiger partial charge in [0.15, 0.2) is 0 Å². The van der Waals surface area contributed by atoms with Gasteiger partial charge >= 0.3 is 0 Å². The zero-order chi connectivity index (χ0) is 12.5. The first-order valence-corrected chi connectivity index (χ1v) is 7.73. The molecule has 96 valence electrons. The molecule has 0 bridgehead atoms. The second-order valence-electron chi connectivity index (χ2n) is 3.85. The molecule has 0 aromatic carbocycles. The number of allylic oxidation sites excluding steroid dienone is 1. The molecule has 1 atom stereocenters. The summed E-state index contributed by atoms with van der Waals surface area (Å²) in [7, 11) is -3.58. The summed E-state index contributed by atoms with van der Waals surface area (Å²) in [6.07, 6.45) is 1.95. The molecule has 17 heavy (non-hydrogen) atoms. The van der Waals surface area contributed by atoms with Crippen molar-refractivity contribution >= 4 is 27.7 Å². The predicted octanol–water partition coefficient (Wildman–Crippen LogP) is -0.519. The Hall–Kier alpha value is -0.570. The number of morpholine rings is 1. The van der Waals surface area contributed by atoms with E-state index in [-0.39, 0.29) is 5.91 Å². The van der Waals surface area contributed by atoms with Crippen LogP contribution in [0.15, 0.2) is 11.0 Å². The van der Waals surface area contributed by atoms with Gasteiger partial charge in [0.25, 0.3) is 5.91 Å². The number of thioether (sulfide) groups is 1. The largest absolute Gasteiger partial charge is 0.378 e. The Morgan fingerprint density at radius 1 is 1.47 bits per heavy atom. The van der Waals surface area contributed by atoms with Crippen molar-refractivity contribution in [2.75, 3.05) is 26.3 Å². The lowest BCUT2D eigenvalue weighted by atomic mass is 10.3. The number of carbonyl (C=O) groups excluding carboxylic acids is 1. The predicted molar refractivity (Wildman–Crippen MR) is 64.6 cm³/mol. The van der Waals surface area contributed by atoms with Crippen molar-refractivity contribution in [1.82, 2.24) is 4.90 Å². The van der Waals surface area contributed by atoms with Crippen molar-refractivity contribution < 1.29 is 17.9 Å². The maximum atomic E-state index is 12.0. The highest BCUT2D eigenvalue weighted by molar-refractivity contribution is 8.15. The first kappa shape index (κ1) is 12.9. The van der Waals surface area contributed by atoms with Crippen LogP contribution in [0.4, 0.5) is 0 Å². The monoisotopic (exact) mass is 278 g/mol. The van der Waals surface area contributed by atoms with Gasteiger partial charge in [-0.2, -0.15) is 0 Å². The average Bonchev–Trinajstić information content (AvgIpc) is 2.78. The van der Waals surface area contributed by atoms with Crippen LogP contribution >= 0.6 is 11.8 Å². The Bertz CT molecular complexity index is 440. The minimum atomic E-state index is -3.58. The van der Waals surface area contributed by atoms with Crippen LogP contribution in [-0.4, -0.2) is 50.1 Å². The number of ether oxygens (including phenoxy) is 1. The van der Waals surface area contributed by atoms with Crippen LogP contribution in [0.25, 0.3) is 0 Å². The van der Waals surface area contributed by atoms with Crippen LogP contribution in [0.5, 0.6) is 0 Å². The minimum absolute atomic E-state index is 0.121. The Morgan fingerprint density at radius 2 is 2.12 bits per heavy atom. The highest BCUT2D eigenvalue weighted by Gasteiger charge is 2.32. The number of hydrogen-bond acceptors (Lipinski definition) is 5. The van der Waals surface area contributed by atoms with Crippen molar-refractivity contribution in [1.29, 1.82) is 0 Å². The van der Waals surface area contributed by atoms with E-state index in [2.05, 4.69) is 0 Å². The third kappa shape index (κ3) is 3.01. The fourth-order valence-corrected chi connectivity index (χ4v) is 3.81. The van der Waals surface area contributed by atoms with E-state index in [0.29, 0.717) is 37.6 Å². The number of carbonyl (C=O) groups is 1. The number of hydrogen-bond donors (Lipinski definition) is 1. The van der Waals surface area contributed by atoms with Gasteiger partial charge in [0, 0.05) is 13.1 Å². The molecule has 2 aliphatic rings. The molecule has 0 aromatic rings. The van der Waals surface area contributed by atoms with Crippen LogP contribution in [0, 0.1) is 0 Å². The highest BCUT2D eigenvalue weighted by atomic mass is 32.3. The van der Waals surface area contributed by atoms with E-state index in [9.17, 15) is 13.2 Å². The van der Waals surface area contributed by atoms with Gasteiger partial charge in [-0.25, -0.2) is 13.6 Å². The van der Waals surface area contributed by atoms with E-state index in [0.717, 1.165) is 11.8 Å². The number of nitrogens with two attached hydrogens (primary N) is 1. The van der Waals surface area contributed by atoms with E-state index in [4.69, 9.17) is 9.88 Å². The van der Waals surface area contributed by atoms with Gasteiger partial charge < -0.3 is 9.64 Å². The van der Waals surface area contributed by atoms with E-state index >= 15 is 0 Å². The lowest BCUT2D eigenvalue weighted by Gasteiger charge is -2.27. The summed E-state index contributed by atoms with van der Waals surface area (Å²) in [6.45, 7) is 2.16. The Kier molecular flexibility index (Phi) is 3.76. The molecule has 0 radical (unpaired) electrons. The molecule has 6 nitrogen and oxygen atoms in total. The maximum Gasteiger partial charge on any atom is 0.260 e. The Morgan fingerprint density at radius 3 is 2.65 bits per heavy atom. The van der Waals surface area contributed by atoms with Gasteiger partial charge in [-0.3, -0.25) is 4.79 Å². The first-order valence-electron chi connectivity index (χ1n) is 5.24. The summed E-state index contributed by atoms with van der Waals surface area (Å²) in [6, 6.07) is 0. The molecule has 2 aliphatic heterocycles. The summed E-state index contributed by atoms with van der Waals surface area (Å²) in [5.41, 5.74) is 0. The molecular formula is C9H14N2O4S2. The SMILES string of the molecule is NS(=O)(=O)C1CC=C(C(=O)N2CCOCC2)S1. The molecule has 1 amide bonds. The molecule has 0 saturated carbocycles. The van der Waals surface area contributed by atoms with E-state index in [1.54, 1.807) is 11.0 Å². The summed E-state index contributed by atoms with van der Waals surface area (Å²) in [5, 5.41) is 5.05. The molecule has 0 aromatic heterocycles. The van der Waals surface area contributed by atoms with Gasteiger partial charge in [-0.15, -0.1) is 0 Å². The summed E-state index contributed by atoms with van der Waals surface area (Å²) in [5.74, 6) is -0.121. The fourth-order valence-electron chi connectivity index (χ4n) is 1.70. The smallest absolute Gasteiger partial charge is 0.260 e. The van der Waals surface area contributed by atoms with Crippen molar-refractivity contribution in [2.45, 2.75) is 11.0 Å². The summed E-state index contributed by atoms with van der Waals surface area (Å²) < 4.78 is 26.7. The molecule has 1 fully saturated rings. The maximum absolute atomic E-state index is 12.0. The van der Waals surface area contributed by atoms with Gasteiger partial charge in [0.05, 0.1) is 18.1 Å².